The molecule has 0 atom stereocenters. The largest absolute Gasteiger partial charge is 0.495 e. The Morgan fingerprint density at radius 1 is 1.24 bits per heavy atom. The third-order valence-corrected chi connectivity index (χ3v) is 4.07. The van der Waals surface area contributed by atoms with Gasteiger partial charge in [-0.15, -0.1) is 0 Å². The molecule has 0 radical (unpaired) electrons. The number of nitrogens with one attached hydrogen (secondary N) is 1. The highest BCUT2D eigenvalue weighted by Gasteiger charge is 2.15. The van der Waals surface area contributed by atoms with Crippen LogP contribution in [0.3, 0.4) is 0 Å². The van der Waals surface area contributed by atoms with E-state index in [1.54, 1.807) is 18.2 Å². The van der Waals surface area contributed by atoms with Crippen LogP contribution in [-0.2, 0) is 0 Å². The SMILES string of the molecule is COc1cc(-n2c(=S)[nH]c3ccc(F)c(F)c32)ccc1Br. The molecule has 0 saturated heterocycles. The van der Waals surface area contributed by atoms with Crippen molar-refractivity contribution in [3.05, 3.63) is 51.2 Å². The van der Waals surface area contributed by atoms with E-state index >= 15 is 0 Å². The van der Waals surface area contributed by atoms with Gasteiger partial charge in [-0.1, -0.05) is 0 Å². The molecule has 3 rings (SSSR count). The summed E-state index contributed by atoms with van der Waals surface area (Å²) in [6.07, 6.45) is 0. The summed E-state index contributed by atoms with van der Waals surface area (Å²) >= 11 is 8.56. The topological polar surface area (TPSA) is 29.9 Å². The number of nitrogens with zero attached hydrogens (tertiary/aromatic N) is 1. The fourth-order valence-electron chi connectivity index (χ4n) is 2.17. The lowest BCUT2D eigenvalue weighted by molar-refractivity contribution is 0.412. The molecular formula is C14H9BrF2N2OS. The van der Waals surface area contributed by atoms with Crippen molar-refractivity contribution in [2.75, 3.05) is 7.11 Å². The van der Waals surface area contributed by atoms with Crippen LogP contribution in [0.25, 0.3) is 16.7 Å². The third kappa shape index (κ3) is 2.26. The number of halogens is 3. The van der Waals surface area contributed by atoms with Crippen molar-refractivity contribution < 1.29 is 13.5 Å². The Kier molecular flexibility index (Phi) is 3.54. The van der Waals surface area contributed by atoms with Crippen LogP contribution in [0.4, 0.5) is 8.78 Å². The predicted molar refractivity (Wildman–Crippen MR) is 82.6 cm³/mol. The molecule has 0 aliphatic rings. The maximum Gasteiger partial charge on any atom is 0.184 e. The smallest absolute Gasteiger partial charge is 0.184 e. The second-order valence-electron chi connectivity index (χ2n) is 4.34. The molecule has 1 aromatic heterocycles. The van der Waals surface area contributed by atoms with Crippen molar-refractivity contribution in [2.24, 2.45) is 0 Å². The van der Waals surface area contributed by atoms with Crippen molar-refractivity contribution in [3.8, 4) is 11.4 Å². The van der Waals surface area contributed by atoms with Crippen molar-refractivity contribution >= 4 is 39.2 Å². The minimum absolute atomic E-state index is 0.0735. The highest BCUT2D eigenvalue weighted by atomic mass is 79.9. The first-order valence-electron chi connectivity index (χ1n) is 5.95. The molecule has 0 fully saturated rings. The molecule has 3 aromatic rings. The van der Waals surface area contributed by atoms with Crippen LogP contribution in [0.5, 0.6) is 5.75 Å². The van der Waals surface area contributed by atoms with Crippen molar-refractivity contribution in [1.29, 1.82) is 0 Å². The number of ether oxygens (including phenoxy) is 1. The highest BCUT2D eigenvalue weighted by molar-refractivity contribution is 9.10. The summed E-state index contributed by atoms with van der Waals surface area (Å²) in [7, 11) is 1.53. The first kappa shape index (κ1) is 14.2. The summed E-state index contributed by atoms with van der Waals surface area (Å²) in [5.41, 5.74) is 1.08. The van der Waals surface area contributed by atoms with Gasteiger partial charge in [0.2, 0.25) is 0 Å². The van der Waals surface area contributed by atoms with Crippen LogP contribution in [0.15, 0.2) is 34.8 Å². The van der Waals surface area contributed by atoms with Gasteiger partial charge in [-0.2, -0.15) is 0 Å². The highest BCUT2D eigenvalue weighted by Crippen LogP contribution is 2.30. The molecule has 0 unspecified atom stereocenters. The quantitative estimate of drug-likeness (QED) is 0.660. The molecule has 108 valence electrons. The van der Waals surface area contributed by atoms with E-state index in [-0.39, 0.29) is 10.3 Å². The number of benzene rings is 2. The molecule has 0 saturated carbocycles. The van der Waals surface area contributed by atoms with E-state index in [1.807, 2.05) is 0 Å². The maximum atomic E-state index is 14.1. The number of H-pyrrole nitrogens is 1. The van der Waals surface area contributed by atoms with Crippen LogP contribution < -0.4 is 4.74 Å². The van der Waals surface area contributed by atoms with Crippen LogP contribution in [0.2, 0.25) is 0 Å². The molecule has 2 aromatic carbocycles. The molecule has 0 bridgehead atoms. The zero-order valence-electron chi connectivity index (χ0n) is 10.8. The fourth-order valence-corrected chi connectivity index (χ4v) is 2.88. The number of aromatic nitrogens is 2. The zero-order chi connectivity index (χ0) is 15.1. The molecule has 0 aliphatic heterocycles. The molecule has 0 spiro atoms. The summed E-state index contributed by atoms with van der Waals surface area (Å²) < 4.78 is 35.3. The van der Waals surface area contributed by atoms with Gasteiger partial charge in [-0.05, 0) is 52.4 Å². The van der Waals surface area contributed by atoms with E-state index in [2.05, 4.69) is 20.9 Å². The molecular weight excluding hydrogens is 362 g/mol. The van der Waals surface area contributed by atoms with E-state index in [0.717, 1.165) is 10.5 Å². The Labute approximate surface area is 132 Å². The Morgan fingerprint density at radius 2 is 2.00 bits per heavy atom. The first-order chi connectivity index (χ1) is 10.0. The third-order valence-electron chi connectivity index (χ3n) is 3.13. The molecule has 7 heteroatoms. The van der Waals surface area contributed by atoms with Gasteiger partial charge in [0.25, 0.3) is 0 Å². The van der Waals surface area contributed by atoms with E-state index in [0.29, 0.717) is 17.0 Å². The normalized spacial score (nSPS) is 11.0. The molecule has 0 aliphatic carbocycles. The fraction of sp³-hybridized carbons (Fsp3) is 0.0714. The van der Waals surface area contributed by atoms with Crippen molar-refractivity contribution in [2.45, 2.75) is 0 Å². The summed E-state index contributed by atoms with van der Waals surface area (Å²) in [5.74, 6) is -1.29. The maximum absolute atomic E-state index is 14.1. The lowest BCUT2D eigenvalue weighted by Gasteiger charge is -2.09. The zero-order valence-corrected chi connectivity index (χ0v) is 13.2. The Morgan fingerprint density at radius 3 is 2.71 bits per heavy atom. The number of rotatable bonds is 2. The summed E-state index contributed by atoms with van der Waals surface area (Å²) in [5, 5.41) is 0. The Hall–Kier alpha value is -1.73. The van der Waals surface area contributed by atoms with Gasteiger partial charge in [0.1, 0.15) is 11.3 Å². The van der Waals surface area contributed by atoms with Gasteiger partial charge in [-0.25, -0.2) is 8.78 Å². The Bertz CT molecular complexity index is 904. The number of aromatic amines is 1. The van der Waals surface area contributed by atoms with Gasteiger partial charge >= 0.3 is 0 Å². The lowest BCUT2D eigenvalue weighted by Crippen LogP contribution is -1.98. The molecule has 1 N–H and O–H groups in total. The van der Waals surface area contributed by atoms with Gasteiger partial charge < -0.3 is 9.72 Å². The van der Waals surface area contributed by atoms with Crippen LogP contribution in [0.1, 0.15) is 0 Å². The Balaban J connectivity index is 2.37. The monoisotopic (exact) mass is 370 g/mol. The number of hydrogen-bond donors (Lipinski definition) is 1. The molecule has 3 nitrogen and oxygen atoms in total. The van der Waals surface area contributed by atoms with Gasteiger partial charge in [0.05, 0.1) is 22.8 Å². The van der Waals surface area contributed by atoms with Gasteiger partial charge in [-0.3, -0.25) is 4.57 Å². The minimum Gasteiger partial charge on any atom is -0.495 e. The van der Waals surface area contributed by atoms with E-state index < -0.39 is 11.6 Å². The average molecular weight is 371 g/mol. The lowest BCUT2D eigenvalue weighted by atomic mass is 10.2. The number of imidazole rings is 1. The predicted octanol–water partition coefficient (Wildman–Crippen LogP) is 4.74. The van der Waals surface area contributed by atoms with Crippen LogP contribution in [-0.4, -0.2) is 16.7 Å². The van der Waals surface area contributed by atoms with Gasteiger partial charge in [0.15, 0.2) is 16.4 Å². The molecule has 21 heavy (non-hydrogen) atoms. The molecule has 0 amide bonds. The van der Waals surface area contributed by atoms with E-state index in [1.165, 1.54) is 17.7 Å². The summed E-state index contributed by atoms with van der Waals surface area (Å²) in [6, 6.07) is 7.70. The van der Waals surface area contributed by atoms with E-state index in [9.17, 15) is 8.78 Å². The first-order valence-corrected chi connectivity index (χ1v) is 7.15. The number of hydrogen-bond acceptors (Lipinski definition) is 2. The van der Waals surface area contributed by atoms with E-state index in [4.69, 9.17) is 17.0 Å². The molecule has 1 heterocycles. The number of methoxy groups -OCH3 is 1. The van der Waals surface area contributed by atoms with Crippen LogP contribution in [0, 0.1) is 16.4 Å². The average Bonchev–Trinajstić information content (AvgIpc) is 2.81. The standard InChI is InChI=1S/C14H9BrF2N2OS/c1-20-11-6-7(2-3-8(11)15)19-13-10(18-14(19)21)5-4-9(16)12(13)17/h2-6H,1H3,(H,18,21). The number of fused-ring (bicyclic) bond motifs is 1. The van der Waals surface area contributed by atoms with Crippen molar-refractivity contribution in [3.63, 3.8) is 0 Å². The summed E-state index contributed by atoms with van der Waals surface area (Å²) in [6.45, 7) is 0. The summed E-state index contributed by atoms with van der Waals surface area (Å²) in [4.78, 5) is 2.86. The minimum atomic E-state index is -0.943. The van der Waals surface area contributed by atoms with Gasteiger partial charge in [0, 0.05) is 6.07 Å². The van der Waals surface area contributed by atoms with Crippen molar-refractivity contribution in [1.82, 2.24) is 9.55 Å². The second-order valence-corrected chi connectivity index (χ2v) is 5.58. The van der Waals surface area contributed by atoms with Crippen LogP contribution >= 0.6 is 28.1 Å². The second kappa shape index (κ2) is 5.23.